The second-order valence-electron chi connectivity index (χ2n) is 9.58. The Labute approximate surface area is 156 Å². The van der Waals surface area contributed by atoms with E-state index in [0.717, 1.165) is 37.0 Å². The van der Waals surface area contributed by atoms with Crippen LogP contribution in [0.3, 0.4) is 0 Å². The third kappa shape index (κ3) is 2.66. The molecule has 7 unspecified atom stereocenters. The molecule has 4 aliphatic carbocycles. The average molecular weight is 365 g/mol. The first-order chi connectivity index (χ1) is 11.9. The van der Waals surface area contributed by atoms with E-state index in [-0.39, 0.29) is 11.5 Å². The molecule has 0 amide bonds. The van der Waals surface area contributed by atoms with E-state index in [2.05, 4.69) is 19.9 Å². The number of hydrogen-bond donors (Lipinski definition) is 1. The van der Waals surface area contributed by atoms with E-state index >= 15 is 0 Å². The molecule has 4 heteroatoms. The molecule has 0 aromatic carbocycles. The van der Waals surface area contributed by atoms with Crippen LogP contribution in [0.1, 0.15) is 72.1 Å². The Bertz CT molecular complexity index is 588. The lowest BCUT2D eigenvalue weighted by Gasteiger charge is -2.58. The molecule has 3 fully saturated rings. The van der Waals surface area contributed by atoms with Crippen molar-refractivity contribution in [3.8, 4) is 0 Å². The molecular formula is C21H32O3S. The van der Waals surface area contributed by atoms with Crippen molar-refractivity contribution in [3.05, 3.63) is 11.6 Å². The van der Waals surface area contributed by atoms with Gasteiger partial charge in [0.25, 0.3) is 0 Å². The van der Waals surface area contributed by atoms with Gasteiger partial charge in [0.2, 0.25) is 0 Å². The van der Waals surface area contributed by atoms with Crippen molar-refractivity contribution in [2.75, 3.05) is 0 Å². The minimum Gasteiger partial charge on any atom is -0.307 e. The van der Waals surface area contributed by atoms with Crippen LogP contribution in [-0.2, 0) is 8.98 Å². The molecule has 7 atom stereocenters. The highest BCUT2D eigenvalue weighted by molar-refractivity contribution is 7.88. The second kappa shape index (κ2) is 6.38. The van der Waals surface area contributed by atoms with E-state index in [4.69, 9.17) is 8.74 Å². The molecule has 0 aromatic heterocycles. The maximum Gasteiger partial charge on any atom is 0.155 e. The van der Waals surface area contributed by atoms with Gasteiger partial charge in [0.1, 0.15) is 5.78 Å². The highest BCUT2D eigenvalue weighted by Gasteiger charge is 2.59. The highest BCUT2D eigenvalue weighted by atomic mass is 32.2. The number of hydrogen-bond acceptors (Lipinski definition) is 4. The molecule has 4 rings (SSSR count). The number of fused-ring (bicyclic) bond motifs is 5. The number of carbonyl (C=O) groups is 1. The second-order valence-corrected chi connectivity index (χ2v) is 9.92. The normalized spacial score (nSPS) is 49.0. The molecule has 0 saturated heterocycles. The summed E-state index contributed by atoms with van der Waals surface area (Å²) in [6, 6.07) is 0. The topological polar surface area (TPSA) is 46.5 Å². The predicted molar refractivity (Wildman–Crippen MR) is 101 cm³/mol. The monoisotopic (exact) mass is 364 g/mol. The summed E-state index contributed by atoms with van der Waals surface area (Å²) >= 11 is 0.525. The van der Waals surface area contributed by atoms with E-state index in [0.29, 0.717) is 29.4 Å². The van der Waals surface area contributed by atoms with Crippen molar-refractivity contribution >= 4 is 18.1 Å². The Balaban J connectivity index is 1.60. The van der Waals surface area contributed by atoms with Gasteiger partial charge < -0.3 is 4.55 Å². The fraction of sp³-hybridized carbons (Fsp3) is 0.857. The van der Waals surface area contributed by atoms with Crippen LogP contribution in [-0.4, -0.2) is 16.4 Å². The molecule has 140 valence electrons. The molecule has 0 radical (unpaired) electrons. The van der Waals surface area contributed by atoms with Crippen molar-refractivity contribution < 1.29 is 13.5 Å². The van der Waals surface area contributed by atoms with Gasteiger partial charge in [-0.1, -0.05) is 25.5 Å². The maximum absolute atomic E-state index is 12.2. The van der Waals surface area contributed by atoms with Gasteiger partial charge >= 0.3 is 0 Å². The van der Waals surface area contributed by atoms with Crippen LogP contribution in [0, 0.1) is 34.5 Å². The summed E-state index contributed by atoms with van der Waals surface area (Å²) in [7, 11) is 0. The average Bonchev–Trinajstić information content (AvgIpc) is 2.93. The summed E-state index contributed by atoms with van der Waals surface area (Å²) in [5.74, 6) is 2.94. The summed E-state index contributed by atoms with van der Waals surface area (Å²) in [4.78, 5) is 12.2. The lowest BCUT2D eigenvalue weighted by molar-refractivity contribution is -0.127. The number of rotatable bonds is 3. The number of ketones is 1. The van der Waals surface area contributed by atoms with Crippen LogP contribution >= 0.6 is 12.3 Å². The molecule has 3 saturated carbocycles. The van der Waals surface area contributed by atoms with Gasteiger partial charge in [-0.15, -0.1) is 0 Å². The molecule has 0 heterocycles. The Morgan fingerprint density at radius 3 is 2.72 bits per heavy atom. The summed E-state index contributed by atoms with van der Waals surface area (Å²) in [5, 5.41) is 0. The Morgan fingerprint density at radius 2 is 2.00 bits per heavy atom. The van der Waals surface area contributed by atoms with Crippen LogP contribution < -0.4 is 0 Å². The summed E-state index contributed by atoms with van der Waals surface area (Å²) in [5.41, 5.74) is 2.12. The van der Waals surface area contributed by atoms with Crippen LogP contribution in [0.2, 0.25) is 0 Å². The van der Waals surface area contributed by atoms with Crippen LogP contribution in [0.4, 0.5) is 0 Å². The van der Waals surface area contributed by atoms with Gasteiger partial charge in [0.15, 0.2) is 12.3 Å². The predicted octanol–water partition coefficient (Wildman–Crippen LogP) is 5.66. The summed E-state index contributed by atoms with van der Waals surface area (Å²) < 4.78 is 14.4. The van der Waals surface area contributed by atoms with E-state index < -0.39 is 0 Å². The van der Waals surface area contributed by atoms with Crippen LogP contribution in [0.15, 0.2) is 11.6 Å². The quantitative estimate of drug-likeness (QED) is 0.518. The first-order valence-electron chi connectivity index (χ1n) is 10.1. The zero-order valence-corrected chi connectivity index (χ0v) is 16.6. The number of carbonyl (C=O) groups excluding carboxylic acids is 1. The summed E-state index contributed by atoms with van der Waals surface area (Å²) in [6.45, 7) is 6.71. The molecule has 25 heavy (non-hydrogen) atoms. The molecule has 0 aliphatic heterocycles. The van der Waals surface area contributed by atoms with Crippen LogP contribution in [0.5, 0.6) is 0 Å². The zero-order valence-electron chi connectivity index (χ0n) is 15.8. The molecule has 4 aliphatic rings. The van der Waals surface area contributed by atoms with Crippen molar-refractivity contribution in [2.24, 2.45) is 34.5 Å². The van der Waals surface area contributed by atoms with E-state index in [1.807, 2.05) is 6.92 Å². The Morgan fingerprint density at radius 1 is 1.20 bits per heavy atom. The van der Waals surface area contributed by atoms with Gasteiger partial charge in [-0.05, 0) is 86.9 Å². The van der Waals surface area contributed by atoms with Crippen molar-refractivity contribution in [1.29, 1.82) is 0 Å². The maximum atomic E-state index is 12.2. The van der Waals surface area contributed by atoms with Gasteiger partial charge in [0, 0.05) is 5.92 Å². The zero-order chi connectivity index (χ0) is 17.8. The lowest BCUT2D eigenvalue weighted by Crippen LogP contribution is -2.51. The van der Waals surface area contributed by atoms with Crippen molar-refractivity contribution in [1.82, 2.24) is 0 Å². The standard InChI is InChI=1S/C21H32O3S/c1-13(22)17-6-7-18-16-5-4-14-12-15(24-25-23)8-10-20(14,2)19(16)9-11-21(17,18)3/h4,15-19,23H,5-12H2,1-3H3. The summed E-state index contributed by atoms with van der Waals surface area (Å²) in [6.07, 6.45) is 11.9. The minimum absolute atomic E-state index is 0.160. The molecule has 0 aromatic rings. The molecule has 3 nitrogen and oxygen atoms in total. The molecule has 0 bridgehead atoms. The van der Waals surface area contributed by atoms with Gasteiger partial charge in [-0.2, -0.15) is 0 Å². The van der Waals surface area contributed by atoms with E-state index in [9.17, 15) is 4.79 Å². The third-order valence-corrected chi connectivity index (χ3v) is 9.09. The van der Waals surface area contributed by atoms with Gasteiger partial charge in [-0.3, -0.25) is 8.98 Å². The van der Waals surface area contributed by atoms with Crippen LogP contribution in [0.25, 0.3) is 0 Å². The largest absolute Gasteiger partial charge is 0.307 e. The van der Waals surface area contributed by atoms with Crippen molar-refractivity contribution in [2.45, 2.75) is 78.2 Å². The van der Waals surface area contributed by atoms with Gasteiger partial charge in [0.05, 0.1) is 6.10 Å². The smallest absolute Gasteiger partial charge is 0.155 e. The Hall–Kier alpha value is -0.320. The first-order valence-corrected chi connectivity index (χ1v) is 10.8. The molecule has 1 N–H and O–H groups in total. The molecule has 0 spiro atoms. The van der Waals surface area contributed by atoms with Gasteiger partial charge in [-0.25, -0.2) is 0 Å². The van der Waals surface area contributed by atoms with E-state index in [1.165, 1.54) is 32.1 Å². The molecular weight excluding hydrogens is 332 g/mol. The number of allylic oxidation sites excluding steroid dienone is 1. The van der Waals surface area contributed by atoms with E-state index in [1.54, 1.807) is 5.57 Å². The Kier molecular flexibility index (Phi) is 4.61. The van der Waals surface area contributed by atoms with Crippen molar-refractivity contribution in [3.63, 3.8) is 0 Å². The fourth-order valence-corrected chi connectivity index (χ4v) is 7.72. The highest BCUT2D eigenvalue weighted by Crippen LogP contribution is 2.66. The minimum atomic E-state index is 0.160. The lowest BCUT2D eigenvalue weighted by atomic mass is 9.47. The third-order valence-electron chi connectivity index (χ3n) is 8.73. The first kappa shape index (κ1) is 18.1. The number of Topliss-reactive ketones (excluding diaryl/α,β-unsaturated/α-hetero) is 1. The fourth-order valence-electron chi connectivity index (χ4n) is 7.44. The SMILES string of the molecule is CC(=O)C1CCC2C3CC=C4CC(OSO)CCC4(C)C3CCC12C.